The Kier molecular flexibility index (Phi) is 7.20. The van der Waals surface area contributed by atoms with Crippen molar-refractivity contribution in [3.8, 4) is 0 Å². The highest BCUT2D eigenvalue weighted by atomic mass is 16.7. The van der Waals surface area contributed by atoms with Crippen LogP contribution in [0.4, 0.5) is 0 Å². The summed E-state index contributed by atoms with van der Waals surface area (Å²) < 4.78 is 11.0. The van der Waals surface area contributed by atoms with Gasteiger partial charge in [-0.05, 0) is 33.1 Å². The van der Waals surface area contributed by atoms with Gasteiger partial charge in [-0.3, -0.25) is 4.90 Å². The molecule has 18 heavy (non-hydrogen) atoms. The third kappa shape index (κ3) is 3.94. The van der Waals surface area contributed by atoms with Crippen LogP contribution >= 0.6 is 0 Å². The highest BCUT2D eigenvalue weighted by molar-refractivity contribution is 4.85. The van der Waals surface area contributed by atoms with E-state index < -0.39 is 0 Å². The van der Waals surface area contributed by atoms with Gasteiger partial charge in [-0.1, -0.05) is 26.2 Å². The van der Waals surface area contributed by atoms with E-state index in [1.54, 1.807) is 14.2 Å². The summed E-state index contributed by atoms with van der Waals surface area (Å²) in [5, 5.41) is 0. The molecule has 0 aliphatic heterocycles. The smallest absolute Gasteiger partial charge is 0.172 e. The molecule has 1 aliphatic carbocycles. The molecule has 0 spiro atoms. The molecule has 1 saturated carbocycles. The molecule has 0 saturated heterocycles. The fourth-order valence-corrected chi connectivity index (χ4v) is 3.41. The molecule has 0 N–H and O–H groups in total. The maximum absolute atomic E-state index is 5.51. The Morgan fingerprint density at radius 2 is 1.61 bits per heavy atom. The number of hydrogen-bond acceptors (Lipinski definition) is 3. The molecule has 0 aromatic rings. The molecule has 0 aromatic heterocycles. The fourth-order valence-electron chi connectivity index (χ4n) is 3.41. The van der Waals surface area contributed by atoms with Crippen LogP contribution in [0.15, 0.2) is 0 Å². The first-order valence-corrected chi connectivity index (χ1v) is 7.48. The highest BCUT2D eigenvalue weighted by Gasteiger charge is 2.33. The Morgan fingerprint density at radius 3 is 2.00 bits per heavy atom. The number of hydrogen-bond donors (Lipinski definition) is 0. The Hall–Kier alpha value is -0.120. The lowest BCUT2D eigenvalue weighted by atomic mass is 9.91. The molecule has 1 atom stereocenters. The van der Waals surface area contributed by atoms with Crippen molar-refractivity contribution in [3.05, 3.63) is 0 Å². The van der Waals surface area contributed by atoms with Gasteiger partial charge in [0.05, 0.1) is 6.04 Å². The summed E-state index contributed by atoms with van der Waals surface area (Å²) in [4.78, 5) is 2.64. The van der Waals surface area contributed by atoms with Crippen molar-refractivity contribution in [2.45, 2.75) is 83.7 Å². The van der Waals surface area contributed by atoms with E-state index in [1.165, 1.54) is 32.1 Å². The highest BCUT2D eigenvalue weighted by Crippen LogP contribution is 2.28. The summed E-state index contributed by atoms with van der Waals surface area (Å²) in [5.74, 6) is 0. The van der Waals surface area contributed by atoms with Gasteiger partial charge in [-0.25, -0.2) is 0 Å². The van der Waals surface area contributed by atoms with E-state index in [0.717, 1.165) is 6.42 Å². The van der Waals surface area contributed by atoms with Crippen LogP contribution in [-0.2, 0) is 9.47 Å². The lowest BCUT2D eigenvalue weighted by Crippen LogP contribution is -2.53. The summed E-state index contributed by atoms with van der Waals surface area (Å²) in [6.45, 7) is 6.81. The van der Waals surface area contributed by atoms with E-state index >= 15 is 0 Å². The molecule has 0 bridgehead atoms. The van der Waals surface area contributed by atoms with Crippen LogP contribution in [0.3, 0.4) is 0 Å². The molecule has 0 heterocycles. The summed E-state index contributed by atoms with van der Waals surface area (Å²) in [6, 6.07) is 1.62. The van der Waals surface area contributed by atoms with Gasteiger partial charge in [0, 0.05) is 26.3 Å². The number of methoxy groups -OCH3 is 2. The lowest BCUT2D eigenvalue weighted by Gasteiger charge is -2.44. The van der Waals surface area contributed by atoms with E-state index in [-0.39, 0.29) is 6.29 Å². The van der Waals surface area contributed by atoms with Crippen LogP contribution in [0, 0.1) is 0 Å². The van der Waals surface area contributed by atoms with Gasteiger partial charge in [-0.15, -0.1) is 0 Å². The molecule has 108 valence electrons. The van der Waals surface area contributed by atoms with Crippen LogP contribution in [0.5, 0.6) is 0 Å². The minimum Gasteiger partial charge on any atom is -0.354 e. The lowest BCUT2D eigenvalue weighted by molar-refractivity contribution is -0.160. The van der Waals surface area contributed by atoms with E-state index in [9.17, 15) is 0 Å². The summed E-state index contributed by atoms with van der Waals surface area (Å²) in [6.07, 6.45) is 7.76. The monoisotopic (exact) mass is 257 g/mol. The van der Waals surface area contributed by atoms with Gasteiger partial charge in [0.15, 0.2) is 6.29 Å². The molecule has 3 nitrogen and oxygen atoms in total. The van der Waals surface area contributed by atoms with Crippen molar-refractivity contribution in [2.75, 3.05) is 14.2 Å². The largest absolute Gasteiger partial charge is 0.354 e. The molecular formula is C15H31NO2. The van der Waals surface area contributed by atoms with Crippen LogP contribution in [-0.4, -0.2) is 43.5 Å². The van der Waals surface area contributed by atoms with Gasteiger partial charge < -0.3 is 9.47 Å². The third-order valence-corrected chi connectivity index (χ3v) is 4.17. The first kappa shape index (κ1) is 15.9. The minimum atomic E-state index is -0.112. The van der Waals surface area contributed by atoms with E-state index in [2.05, 4.69) is 25.7 Å². The molecule has 3 heteroatoms. The summed E-state index contributed by atoms with van der Waals surface area (Å²) in [5.41, 5.74) is 0. The maximum atomic E-state index is 5.51. The predicted molar refractivity (Wildman–Crippen MR) is 75.7 cm³/mol. The predicted octanol–water partition coefficient (Wildman–Crippen LogP) is 3.43. The van der Waals surface area contributed by atoms with Crippen molar-refractivity contribution in [2.24, 2.45) is 0 Å². The van der Waals surface area contributed by atoms with Crippen molar-refractivity contribution in [1.29, 1.82) is 0 Å². The van der Waals surface area contributed by atoms with Crippen LogP contribution in [0.1, 0.15) is 59.3 Å². The Bertz CT molecular complexity index is 211. The molecule has 0 amide bonds. The van der Waals surface area contributed by atoms with Gasteiger partial charge in [-0.2, -0.15) is 0 Å². The number of ether oxygens (including phenoxy) is 2. The first-order chi connectivity index (χ1) is 8.65. The second kappa shape index (κ2) is 8.13. The van der Waals surface area contributed by atoms with Gasteiger partial charge >= 0.3 is 0 Å². The quantitative estimate of drug-likeness (QED) is 0.652. The zero-order valence-electron chi connectivity index (χ0n) is 12.8. The van der Waals surface area contributed by atoms with Crippen molar-refractivity contribution in [1.82, 2.24) is 4.90 Å². The minimum absolute atomic E-state index is 0.112. The number of rotatable bonds is 7. The Labute approximate surface area is 113 Å². The molecule has 1 rings (SSSR count). The second-order valence-electron chi connectivity index (χ2n) is 5.65. The van der Waals surface area contributed by atoms with Gasteiger partial charge in [0.25, 0.3) is 0 Å². The van der Waals surface area contributed by atoms with E-state index in [4.69, 9.17) is 9.47 Å². The molecule has 0 aromatic carbocycles. The zero-order chi connectivity index (χ0) is 13.5. The van der Waals surface area contributed by atoms with Gasteiger partial charge in [0.1, 0.15) is 0 Å². The standard InChI is InChI=1S/C15H31NO2/c1-6-14(15(17-4)18-5)16(12(2)3)13-10-8-7-9-11-13/h12-15H,6-11H2,1-5H3. The molecule has 1 unspecified atom stereocenters. The molecule has 1 aliphatic rings. The number of nitrogens with zero attached hydrogens (tertiary/aromatic N) is 1. The second-order valence-corrected chi connectivity index (χ2v) is 5.65. The molecule has 0 radical (unpaired) electrons. The Balaban J connectivity index is 2.79. The molecule has 1 fully saturated rings. The first-order valence-electron chi connectivity index (χ1n) is 7.48. The average Bonchev–Trinajstić information content (AvgIpc) is 2.39. The summed E-state index contributed by atoms with van der Waals surface area (Å²) >= 11 is 0. The van der Waals surface area contributed by atoms with E-state index in [1.807, 2.05) is 0 Å². The van der Waals surface area contributed by atoms with Crippen molar-refractivity contribution >= 4 is 0 Å². The Morgan fingerprint density at radius 1 is 1.06 bits per heavy atom. The van der Waals surface area contributed by atoms with Crippen LogP contribution in [0.25, 0.3) is 0 Å². The van der Waals surface area contributed by atoms with Crippen molar-refractivity contribution in [3.63, 3.8) is 0 Å². The maximum Gasteiger partial charge on any atom is 0.172 e. The topological polar surface area (TPSA) is 21.7 Å². The SMILES string of the molecule is CCC(C(OC)OC)N(C(C)C)C1CCCCC1. The average molecular weight is 257 g/mol. The van der Waals surface area contributed by atoms with Crippen LogP contribution in [0.2, 0.25) is 0 Å². The van der Waals surface area contributed by atoms with Crippen molar-refractivity contribution < 1.29 is 9.47 Å². The summed E-state index contributed by atoms with van der Waals surface area (Å²) in [7, 11) is 3.49. The van der Waals surface area contributed by atoms with Gasteiger partial charge in [0.2, 0.25) is 0 Å². The van der Waals surface area contributed by atoms with E-state index in [0.29, 0.717) is 18.1 Å². The molecular weight excluding hydrogens is 226 g/mol. The normalized spacial score (nSPS) is 20.0. The third-order valence-electron chi connectivity index (χ3n) is 4.17. The fraction of sp³-hybridized carbons (Fsp3) is 1.00. The zero-order valence-corrected chi connectivity index (χ0v) is 12.8. The van der Waals surface area contributed by atoms with Crippen LogP contribution < -0.4 is 0 Å².